The fourth-order valence-electron chi connectivity index (χ4n) is 1.99. The summed E-state index contributed by atoms with van der Waals surface area (Å²) in [6, 6.07) is 3.53. The van der Waals surface area contributed by atoms with Gasteiger partial charge in [0.1, 0.15) is 5.82 Å². The van der Waals surface area contributed by atoms with Crippen molar-refractivity contribution in [1.29, 1.82) is 0 Å². The predicted octanol–water partition coefficient (Wildman–Crippen LogP) is 4.22. The van der Waals surface area contributed by atoms with Crippen LogP contribution in [0.15, 0.2) is 23.7 Å². The molecular formula is C15H14N4OS2. The van der Waals surface area contributed by atoms with E-state index < -0.39 is 0 Å². The van der Waals surface area contributed by atoms with Crippen LogP contribution in [0.3, 0.4) is 0 Å². The van der Waals surface area contributed by atoms with Gasteiger partial charge in [0, 0.05) is 17.1 Å². The number of ketones is 1. The maximum Gasteiger partial charge on any atom is 0.188 e. The number of Topliss-reactive ketones (excluding diaryl/α,β-unsaturated/α-hetero) is 1. The zero-order valence-corrected chi connectivity index (χ0v) is 14.0. The maximum atomic E-state index is 11.2. The Kier molecular flexibility index (Phi) is 4.00. The molecule has 7 heteroatoms. The first kappa shape index (κ1) is 14.8. The smallest absolute Gasteiger partial charge is 0.188 e. The van der Waals surface area contributed by atoms with Crippen LogP contribution in [-0.4, -0.2) is 20.7 Å². The number of aryl methyl sites for hydroxylation is 2. The Labute approximate surface area is 136 Å². The van der Waals surface area contributed by atoms with Gasteiger partial charge in [-0.3, -0.25) is 4.79 Å². The first-order chi connectivity index (χ1) is 10.5. The molecule has 3 aromatic rings. The fraction of sp³-hybridized carbons (Fsp3) is 0.200. The minimum absolute atomic E-state index is 0.00613. The van der Waals surface area contributed by atoms with E-state index in [1.807, 2.05) is 19.2 Å². The molecule has 3 rings (SSSR count). The van der Waals surface area contributed by atoms with Crippen LogP contribution in [-0.2, 0) is 0 Å². The highest BCUT2D eigenvalue weighted by molar-refractivity contribution is 7.16. The summed E-state index contributed by atoms with van der Waals surface area (Å²) in [5, 5.41) is 6.97. The van der Waals surface area contributed by atoms with Gasteiger partial charge in [-0.15, -0.1) is 22.7 Å². The van der Waals surface area contributed by atoms with Crippen molar-refractivity contribution in [1.82, 2.24) is 15.0 Å². The van der Waals surface area contributed by atoms with E-state index in [1.54, 1.807) is 29.7 Å². The number of pyridine rings is 1. The number of rotatable bonds is 4. The number of hydrogen-bond acceptors (Lipinski definition) is 7. The molecule has 0 spiro atoms. The van der Waals surface area contributed by atoms with Crippen molar-refractivity contribution in [2.75, 3.05) is 5.32 Å². The number of aromatic nitrogens is 3. The van der Waals surface area contributed by atoms with E-state index in [1.165, 1.54) is 18.3 Å². The van der Waals surface area contributed by atoms with Gasteiger partial charge in [0.15, 0.2) is 10.9 Å². The van der Waals surface area contributed by atoms with Gasteiger partial charge < -0.3 is 5.32 Å². The third kappa shape index (κ3) is 3.05. The van der Waals surface area contributed by atoms with Gasteiger partial charge in [0.25, 0.3) is 0 Å². The number of hydrogen-bond donors (Lipinski definition) is 1. The molecule has 0 saturated carbocycles. The van der Waals surface area contributed by atoms with E-state index in [4.69, 9.17) is 0 Å². The van der Waals surface area contributed by atoms with Gasteiger partial charge in [-0.1, -0.05) is 0 Å². The van der Waals surface area contributed by atoms with Gasteiger partial charge in [0.2, 0.25) is 0 Å². The number of carbonyl (C=O) groups excluding carboxylic acids is 1. The molecule has 0 saturated heterocycles. The normalized spacial score (nSPS) is 10.7. The van der Waals surface area contributed by atoms with Crippen LogP contribution < -0.4 is 5.32 Å². The topological polar surface area (TPSA) is 67.8 Å². The van der Waals surface area contributed by atoms with Crippen LogP contribution in [0.5, 0.6) is 0 Å². The van der Waals surface area contributed by atoms with Gasteiger partial charge in [-0.25, -0.2) is 15.0 Å². The Morgan fingerprint density at radius 2 is 2.05 bits per heavy atom. The van der Waals surface area contributed by atoms with Crippen LogP contribution in [0.4, 0.5) is 10.9 Å². The van der Waals surface area contributed by atoms with Crippen molar-refractivity contribution >= 4 is 39.4 Å². The molecule has 5 nitrogen and oxygen atoms in total. The van der Waals surface area contributed by atoms with Crippen molar-refractivity contribution in [3.8, 4) is 10.6 Å². The van der Waals surface area contributed by atoms with E-state index in [9.17, 15) is 4.79 Å². The van der Waals surface area contributed by atoms with Gasteiger partial charge in [-0.2, -0.15) is 0 Å². The summed E-state index contributed by atoms with van der Waals surface area (Å²) in [6.45, 7) is 5.51. The minimum Gasteiger partial charge on any atom is -0.316 e. The Hall–Kier alpha value is -2.12. The molecule has 0 aliphatic carbocycles. The largest absolute Gasteiger partial charge is 0.316 e. The van der Waals surface area contributed by atoms with Crippen LogP contribution in [0.25, 0.3) is 10.6 Å². The molecule has 0 atom stereocenters. The van der Waals surface area contributed by atoms with Crippen LogP contribution in [0.2, 0.25) is 0 Å². The number of anilines is 2. The second-order valence-corrected chi connectivity index (χ2v) is 6.86. The highest BCUT2D eigenvalue weighted by Crippen LogP contribution is 2.32. The Bertz CT molecular complexity index is 820. The summed E-state index contributed by atoms with van der Waals surface area (Å²) in [7, 11) is 0. The van der Waals surface area contributed by atoms with Crippen molar-refractivity contribution in [2.24, 2.45) is 0 Å². The lowest BCUT2D eigenvalue weighted by atomic mass is 10.2. The molecule has 3 heterocycles. The summed E-state index contributed by atoms with van der Waals surface area (Å²) < 4.78 is 0. The first-order valence-electron chi connectivity index (χ1n) is 6.67. The van der Waals surface area contributed by atoms with Gasteiger partial charge in [-0.05, 0) is 32.9 Å². The van der Waals surface area contributed by atoms with E-state index >= 15 is 0 Å². The lowest BCUT2D eigenvalue weighted by Gasteiger charge is -2.01. The van der Waals surface area contributed by atoms with Crippen molar-refractivity contribution < 1.29 is 4.79 Å². The van der Waals surface area contributed by atoms with Crippen molar-refractivity contribution in [2.45, 2.75) is 20.8 Å². The number of nitrogens with zero attached hydrogens (tertiary/aromatic N) is 3. The zero-order chi connectivity index (χ0) is 15.7. The predicted molar refractivity (Wildman–Crippen MR) is 90.2 cm³/mol. The van der Waals surface area contributed by atoms with Gasteiger partial charge >= 0.3 is 0 Å². The SMILES string of the molecule is CC(=O)c1ccc(Nc2nc(-c3sc(C)nc3C)cs2)nc1. The molecule has 0 fully saturated rings. The quantitative estimate of drug-likeness (QED) is 0.725. The zero-order valence-electron chi connectivity index (χ0n) is 12.4. The number of thiazole rings is 2. The molecule has 0 amide bonds. The van der Waals surface area contributed by atoms with E-state index in [2.05, 4.69) is 20.3 Å². The monoisotopic (exact) mass is 330 g/mol. The average molecular weight is 330 g/mol. The summed E-state index contributed by atoms with van der Waals surface area (Å²) in [4.78, 5) is 25.6. The second kappa shape index (κ2) is 5.94. The molecule has 0 aliphatic heterocycles. The molecule has 0 unspecified atom stereocenters. The van der Waals surface area contributed by atoms with E-state index in [0.717, 1.165) is 26.4 Å². The highest BCUT2D eigenvalue weighted by Gasteiger charge is 2.11. The Morgan fingerprint density at radius 1 is 1.23 bits per heavy atom. The molecule has 0 bridgehead atoms. The molecule has 1 N–H and O–H groups in total. The number of carbonyl (C=O) groups is 1. The molecular weight excluding hydrogens is 316 g/mol. The summed E-state index contributed by atoms with van der Waals surface area (Å²) >= 11 is 3.16. The van der Waals surface area contributed by atoms with Crippen molar-refractivity contribution in [3.05, 3.63) is 40.0 Å². The molecule has 112 valence electrons. The van der Waals surface area contributed by atoms with Crippen molar-refractivity contribution in [3.63, 3.8) is 0 Å². The average Bonchev–Trinajstić information content (AvgIpc) is 3.06. The summed E-state index contributed by atoms with van der Waals surface area (Å²) in [6.07, 6.45) is 1.57. The molecule has 3 aromatic heterocycles. The second-order valence-electron chi connectivity index (χ2n) is 4.80. The van der Waals surface area contributed by atoms with Crippen LogP contribution in [0.1, 0.15) is 28.0 Å². The van der Waals surface area contributed by atoms with E-state index in [-0.39, 0.29) is 5.78 Å². The van der Waals surface area contributed by atoms with E-state index in [0.29, 0.717) is 11.4 Å². The van der Waals surface area contributed by atoms with Gasteiger partial charge in [0.05, 0.1) is 21.3 Å². The summed E-state index contributed by atoms with van der Waals surface area (Å²) in [5.41, 5.74) is 2.53. The highest BCUT2D eigenvalue weighted by atomic mass is 32.1. The first-order valence-corrected chi connectivity index (χ1v) is 8.36. The lowest BCUT2D eigenvalue weighted by Crippen LogP contribution is -1.96. The molecule has 0 aliphatic rings. The minimum atomic E-state index is 0.00613. The molecule has 0 aromatic carbocycles. The molecule has 0 radical (unpaired) electrons. The van der Waals surface area contributed by atoms with Crippen LogP contribution >= 0.6 is 22.7 Å². The Balaban J connectivity index is 1.79. The third-order valence-corrected chi connectivity index (χ3v) is 4.90. The standard InChI is InChI=1S/C15H14N4OS2/c1-8-14(22-10(3)17-8)12-7-21-15(18-12)19-13-5-4-11(6-16-13)9(2)20/h4-7H,1-3H3,(H,16,18,19). The van der Waals surface area contributed by atoms with Crippen LogP contribution in [0, 0.1) is 13.8 Å². The Morgan fingerprint density at radius 3 is 2.64 bits per heavy atom. The summed E-state index contributed by atoms with van der Waals surface area (Å²) in [5.74, 6) is 0.676. The number of nitrogens with one attached hydrogen (secondary N) is 1. The lowest BCUT2D eigenvalue weighted by molar-refractivity contribution is 0.101. The molecule has 22 heavy (non-hydrogen) atoms. The maximum absolute atomic E-state index is 11.2. The fourth-order valence-corrected chi connectivity index (χ4v) is 3.65. The third-order valence-electron chi connectivity index (χ3n) is 3.05.